The standard InChI is InChI=1S/C14H14BrNO4/c1-2-7-20-14(19)16-6-5-9-8-10(15)3-4-11(9)12(16)13(17)18/h2-4,8,12H,1,5-7H2,(H,17,18). The molecule has 1 atom stereocenters. The molecule has 0 spiro atoms. The number of halogens is 1. The molecule has 0 aromatic heterocycles. The van der Waals surface area contributed by atoms with Gasteiger partial charge in [-0.1, -0.05) is 34.7 Å². The fourth-order valence-electron chi connectivity index (χ4n) is 2.27. The molecule has 0 radical (unpaired) electrons. The van der Waals surface area contributed by atoms with E-state index in [0.29, 0.717) is 18.5 Å². The van der Waals surface area contributed by atoms with Crippen LogP contribution in [0.1, 0.15) is 17.2 Å². The average Bonchev–Trinajstić information content (AvgIpc) is 2.42. The van der Waals surface area contributed by atoms with Crippen molar-refractivity contribution in [3.8, 4) is 0 Å². The molecule has 1 heterocycles. The molecule has 1 unspecified atom stereocenters. The number of carboxylic acid groups (broad SMARTS) is 1. The summed E-state index contributed by atoms with van der Waals surface area (Å²) in [6.45, 7) is 3.84. The van der Waals surface area contributed by atoms with Crippen LogP contribution in [-0.4, -0.2) is 35.2 Å². The molecular weight excluding hydrogens is 326 g/mol. The van der Waals surface area contributed by atoms with Crippen molar-refractivity contribution in [3.05, 3.63) is 46.5 Å². The molecule has 106 valence electrons. The lowest BCUT2D eigenvalue weighted by Gasteiger charge is -2.33. The smallest absolute Gasteiger partial charge is 0.411 e. The molecule has 0 bridgehead atoms. The van der Waals surface area contributed by atoms with E-state index >= 15 is 0 Å². The molecule has 0 saturated carbocycles. The summed E-state index contributed by atoms with van der Waals surface area (Å²) in [7, 11) is 0. The molecule has 0 aliphatic carbocycles. The first-order valence-corrected chi connectivity index (χ1v) is 6.89. The quantitative estimate of drug-likeness (QED) is 0.860. The maximum absolute atomic E-state index is 11.9. The fourth-order valence-corrected chi connectivity index (χ4v) is 2.68. The van der Waals surface area contributed by atoms with Gasteiger partial charge >= 0.3 is 12.1 Å². The summed E-state index contributed by atoms with van der Waals surface area (Å²) in [6.07, 6.45) is 1.41. The number of nitrogens with zero attached hydrogens (tertiary/aromatic N) is 1. The van der Waals surface area contributed by atoms with Gasteiger partial charge in [-0.3, -0.25) is 4.90 Å². The third-order valence-electron chi connectivity index (χ3n) is 3.13. The van der Waals surface area contributed by atoms with Gasteiger partial charge < -0.3 is 9.84 Å². The molecule has 20 heavy (non-hydrogen) atoms. The van der Waals surface area contributed by atoms with Gasteiger partial charge in [-0.2, -0.15) is 0 Å². The van der Waals surface area contributed by atoms with Gasteiger partial charge in [0.25, 0.3) is 0 Å². The molecule has 0 fully saturated rings. The molecular formula is C14H14BrNO4. The minimum atomic E-state index is -1.07. The molecule has 5 nitrogen and oxygen atoms in total. The van der Waals surface area contributed by atoms with E-state index in [0.717, 1.165) is 10.0 Å². The summed E-state index contributed by atoms with van der Waals surface area (Å²) >= 11 is 3.36. The number of benzene rings is 1. The fraction of sp³-hybridized carbons (Fsp3) is 0.286. The van der Waals surface area contributed by atoms with Crippen LogP contribution in [0.5, 0.6) is 0 Å². The Balaban J connectivity index is 2.33. The number of ether oxygens (including phenoxy) is 1. The number of carbonyl (C=O) groups excluding carboxylic acids is 1. The third-order valence-corrected chi connectivity index (χ3v) is 3.62. The number of carbonyl (C=O) groups is 2. The summed E-state index contributed by atoms with van der Waals surface area (Å²) in [4.78, 5) is 24.7. The van der Waals surface area contributed by atoms with Crippen LogP contribution in [0.25, 0.3) is 0 Å². The highest BCUT2D eigenvalue weighted by atomic mass is 79.9. The number of carboxylic acids is 1. The lowest BCUT2D eigenvalue weighted by molar-refractivity contribution is -0.143. The summed E-state index contributed by atoms with van der Waals surface area (Å²) in [6, 6.07) is 4.38. The first-order chi connectivity index (χ1) is 9.54. The van der Waals surface area contributed by atoms with Crippen LogP contribution >= 0.6 is 15.9 Å². The lowest BCUT2D eigenvalue weighted by atomic mass is 9.93. The summed E-state index contributed by atoms with van der Waals surface area (Å²) in [5, 5.41) is 9.42. The monoisotopic (exact) mass is 339 g/mol. The minimum Gasteiger partial charge on any atom is -0.479 e. The molecule has 1 aliphatic rings. The van der Waals surface area contributed by atoms with E-state index < -0.39 is 18.1 Å². The van der Waals surface area contributed by atoms with Crippen LogP contribution in [0.15, 0.2) is 35.3 Å². The lowest BCUT2D eigenvalue weighted by Crippen LogP contribution is -2.43. The first kappa shape index (κ1) is 14.6. The van der Waals surface area contributed by atoms with Crippen molar-refractivity contribution in [2.24, 2.45) is 0 Å². The molecule has 1 aliphatic heterocycles. The minimum absolute atomic E-state index is 0.0644. The largest absolute Gasteiger partial charge is 0.479 e. The number of amides is 1. The highest BCUT2D eigenvalue weighted by molar-refractivity contribution is 9.10. The Morgan fingerprint density at radius 2 is 2.30 bits per heavy atom. The zero-order valence-corrected chi connectivity index (χ0v) is 12.3. The van der Waals surface area contributed by atoms with Gasteiger partial charge in [0, 0.05) is 11.0 Å². The zero-order valence-electron chi connectivity index (χ0n) is 10.7. The van der Waals surface area contributed by atoms with Gasteiger partial charge in [-0.25, -0.2) is 9.59 Å². The van der Waals surface area contributed by atoms with Crippen molar-refractivity contribution < 1.29 is 19.4 Å². The van der Waals surface area contributed by atoms with Gasteiger partial charge in [0.15, 0.2) is 6.04 Å². The molecule has 1 N–H and O–H groups in total. The predicted octanol–water partition coefficient (Wildman–Crippen LogP) is 2.76. The van der Waals surface area contributed by atoms with Crippen molar-refractivity contribution >= 4 is 28.0 Å². The Bertz CT molecular complexity index is 558. The van der Waals surface area contributed by atoms with E-state index in [1.807, 2.05) is 6.07 Å². The van der Waals surface area contributed by atoms with Gasteiger partial charge in [0.1, 0.15) is 6.61 Å². The van der Waals surface area contributed by atoms with E-state index in [1.165, 1.54) is 11.0 Å². The summed E-state index contributed by atoms with van der Waals surface area (Å²) in [5.41, 5.74) is 1.56. The molecule has 1 aromatic carbocycles. The Morgan fingerprint density at radius 1 is 1.55 bits per heavy atom. The van der Waals surface area contributed by atoms with Crippen molar-refractivity contribution in [3.63, 3.8) is 0 Å². The van der Waals surface area contributed by atoms with E-state index in [2.05, 4.69) is 22.5 Å². The van der Waals surface area contributed by atoms with Gasteiger partial charge in [0.05, 0.1) is 0 Å². The summed E-state index contributed by atoms with van der Waals surface area (Å²) < 4.78 is 5.84. The number of rotatable bonds is 3. The molecule has 0 saturated heterocycles. The predicted molar refractivity (Wildman–Crippen MR) is 76.5 cm³/mol. The van der Waals surface area contributed by atoms with E-state index in [4.69, 9.17) is 4.74 Å². The number of aliphatic carboxylic acids is 1. The highest BCUT2D eigenvalue weighted by Crippen LogP contribution is 2.32. The SMILES string of the molecule is C=CCOC(=O)N1CCc2cc(Br)ccc2C1C(=O)O. The zero-order chi connectivity index (χ0) is 14.7. The van der Waals surface area contributed by atoms with Crippen molar-refractivity contribution in [1.82, 2.24) is 4.90 Å². The number of hydrogen-bond donors (Lipinski definition) is 1. The van der Waals surface area contributed by atoms with Crippen LogP contribution in [0.2, 0.25) is 0 Å². The van der Waals surface area contributed by atoms with E-state index in [9.17, 15) is 14.7 Å². The maximum atomic E-state index is 11.9. The van der Waals surface area contributed by atoms with Crippen LogP contribution in [0.4, 0.5) is 4.79 Å². The third kappa shape index (κ3) is 2.85. The second-order valence-corrected chi connectivity index (χ2v) is 5.31. The molecule has 1 aromatic rings. The van der Waals surface area contributed by atoms with Crippen LogP contribution < -0.4 is 0 Å². The van der Waals surface area contributed by atoms with Crippen molar-refractivity contribution in [2.75, 3.05) is 13.2 Å². The highest BCUT2D eigenvalue weighted by Gasteiger charge is 2.36. The van der Waals surface area contributed by atoms with E-state index in [-0.39, 0.29) is 6.61 Å². The van der Waals surface area contributed by atoms with Gasteiger partial charge in [-0.05, 0) is 29.7 Å². The molecule has 1 amide bonds. The molecule has 2 rings (SSSR count). The van der Waals surface area contributed by atoms with Crippen LogP contribution in [0.3, 0.4) is 0 Å². The topological polar surface area (TPSA) is 66.8 Å². The second kappa shape index (κ2) is 6.09. The van der Waals surface area contributed by atoms with Crippen molar-refractivity contribution in [2.45, 2.75) is 12.5 Å². The van der Waals surface area contributed by atoms with Crippen LogP contribution in [0, 0.1) is 0 Å². The molecule has 6 heteroatoms. The number of hydrogen-bond acceptors (Lipinski definition) is 3. The average molecular weight is 340 g/mol. The Hall–Kier alpha value is -1.82. The normalized spacial score (nSPS) is 17.2. The van der Waals surface area contributed by atoms with Gasteiger partial charge in [-0.15, -0.1) is 0 Å². The van der Waals surface area contributed by atoms with Crippen LogP contribution in [-0.2, 0) is 16.0 Å². The second-order valence-electron chi connectivity index (χ2n) is 4.39. The van der Waals surface area contributed by atoms with Gasteiger partial charge in [0.2, 0.25) is 0 Å². The first-order valence-electron chi connectivity index (χ1n) is 6.10. The van der Waals surface area contributed by atoms with Crippen molar-refractivity contribution in [1.29, 1.82) is 0 Å². The Morgan fingerprint density at radius 3 is 2.95 bits per heavy atom. The maximum Gasteiger partial charge on any atom is 0.411 e. The summed E-state index contributed by atoms with van der Waals surface area (Å²) in [5.74, 6) is -1.07. The van der Waals surface area contributed by atoms with E-state index in [1.54, 1.807) is 12.1 Å². The Labute approximate surface area is 125 Å². The Kier molecular flexibility index (Phi) is 4.44. The number of fused-ring (bicyclic) bond motifs is 1.